The van der Waals surface area contributed by atoms with Crippen molar-refractivity contribution in [3.8, 4) is 17.2 Å². The van der Waals surface area contributed by atoms with E-state index in [2.05, 4.69) is 217 Å². The molecule has 0 aliphatic heterocycles. The summed E-state index contributed by atoms with van der Waals surface area (Å²) < 4.78 is 0. The molecule has 3 N–H and O–H groups in total. The number of hydrogen-bond donors (Lipinski definition) is 3. The molecule has 3 aromatic rings. The maximum atomic E-state index is 10.7. The fourth-order valence-electron chi connectivity index (χ4n) is 7.52. The molecule has 0 aliphatic carbocycles. The molecule has 0 atom stereocenters. The first kappa shape index (κ1) is 62.1. The number of hydrogen-bond acceptors (Lipinski definition) is 6. The largest absolute Gasteiger partial charge is 0.507 e. The van der Waals surface area contributed by atoms with Crippen LogP contribution in [0.15, 0.2) is 36.4 Å². The fourth-order valence-corrected chi connectivity index (χ4v) is 7.52. The van der Waals surface area contributed by atoms with Gasteiger partial charge < -0.3 is 15.3 Å². The number of rotatable bonds is 12. The topological polar surface area (TPSA) is 70.4 Å². The molecule has 1 radical (unpaired) electrons. The van der Waals surface area contributed by atoms with Crippen LogP contribution in [-0.2, 0) is 52.1 Å². The number of benzene rings is 3. The zero-order chi connectivity index (χ0) is 49.3. The van der Waals surface area contributed by atoms with Crippen LogP contribution in [0.5, 0.6) is 17.2 Å². The van der Waals surface area contributed by atoms with Crippen LogP contribution in [0, 0.1) is 35.6 Å². The van der Waals surface area contributed by atoms with Gasteiger partial charge in [-0.25, -0.2) is 0 Å². The van der Waals surface area contributed by atoms with Gasteiger partial charge in [-0.1, -0.05) is 203 Å². The quantitative estimate of drug-likeness (QED) is 0.168. The molecule has 0 fully saturated rings. The van der Waals surface area contributed by atoms with Crippen LogP contribution in [0.25, 0.3) is 0 Å². The van der Waals surface area contributed by atoms with E-state index in [0.717, 1.165) is 92.3 Å². The molecule has 0 saturated carbocycles. The van der Waals surface area contributed by atoms with Crippen LogP contribution >= 0.6 is 0 Å². The minimum atomic E-state index is -0.0522. The van der Waals surface area contributed by atoms with Crippen molar-refractivity contribution in [2.45, 2.75) is 218 Å². The Labute approximate surface area is 424 Å². The molecule has 0 amide bonds. The first-order valence-electron chi connectivity index (χ1n) is 24.3. The summed E-state index contributed by atoms with van der Waals surface area (Å²) in [6, 6.07) is 13.1. The Bertz CT molecular complexity index is 1650. The molecule has 3 aromatic carbocycles. The molecule has 363 valence electrons. The predicted molar refractivity (Wildman–Crippen MR) is 276 cm³/mol. The van der Waals surface area contributed by atoms with Gasteiger partial charge in [0, 0.05) is 71.9 Å². The monoisotopic (exact) mass is 1010 g/mol. The van der Waals surface area contributed by atoms with Crippen molar-refractivity contribution in [1.82, 2.24) is 14.7 Å². The van der Waals surface area contributed by atoms with Gasteiger partial charge in [-0.05, 0) is 105 Å². The second kappa shape index (κ2) is 24.9. The normalized spacial score (nSPS) is 12.8. The summed E-state index contributed by atoms with van der Waals surface area (Å²) in [4.78, 5) is 7.02. The second-order valence-corrected chi connectivity index (χ2v) is 24.0. The summed E-state index contributed by atoms with van der Waals surface area (Å²) in [5, 5.41) is 32.2. The standard InChI is InChI=1S/3C19H33NO.La/c3*1-9-20(10-2)13-14-11-15(18(3,4)5)12-16(17(14)21)19(6,7)8;/h3*11-12,21H,9-10,13H2,1-8H3;. The van der Waals surface area contributed by atoms with Crippen molar-refractivity contribution in [1.29, 1.82) is 0 Å². The van der Waals surface area contributed by atoms with Crippen molar-refractivity contribution >= 4 is 0 Å². The summed E-state index contributed by atoms with van der Waals surface area (Å²) in [6.07, 6.45) is 0. The molecule has 0 bridgehead atoms. The fraction of sp³-hybridized carbons (Fsp3) is 0.684. The average Bonchev–Trinajstić information content (AvgIpc) is 3.14. The van der Waals surface area contributed by atoms with E-state index in [1.54, 1.807) is 0 Å². The minimum absolute atomic E-state index is 0. The zero-order valence-corrected chi connectivity index (χ0v) is 49.7. The molecule has 0 aliphatic rings. The van der Waals surface area contributed by atoms with Crippen molar-refractivity contribution in [2.75, 3.05) is 39.3 Å². The molecular formula is C57H99LaN3O3. The molecule has 0 unspecified atom stereocenters. The smallest absolute Gasteiger partial charge is 0.123 e. The molecule has 0 aromatic heterocycles. The summed E-state index contributed by atoms with van der Waals surface area (Å²) in [5.41, 5.74) is 10.3. The maximum absolute atomic E-state index is 10.7. The molecule has 0 spiro atoms. The van der Waals surface area contributed by atoms with Gasteiger partial charge in [0.05, 0.1) is 0 Å². The van der Waals surface area contributed by atoms with Gasteiger partial charge in [0.25, 0.3) is 0 Å². The Morgan fingerprint density at radius 2 is 0.484 bits per heavy atom. The van der Waals surface area contributed by atoms with Gasteiger partial charge in [0.2, 0.25) is 0 Å². The zero-order valence-electron chi connectivity index (χ0n) is 46.1. The number of phenols is 3. The molecule has 64 heavy (non-hydrogen) atoms. The predicted octanol–water partition coefficient (Wildman–Crippen LogP) is 14.5. The van der Waals surface area contributed by atoms with Crippen molar-refractivity contribution in [2.24, 2.45) is 0 Å². The van der Waals surface area contributed by atoms with Crippen LogP contribution in [0.1, 0.15) is 216 Å². The van der Waals surface area contributed by atoms with Crippen LogP contribution in [0.2, 0.25) is 0 Å². The third kappa shape index (κ3) is 18.7. The summed E-state index contributed by atoms with van der Waals surface area (Å²) in [5.74, 6) is 1.42. The first-order valence-corrected chi connectivity index (χ1v) is 24.3. The van der Waals surface area contributed by atoms with E-state index in [1.165, 1.54) is 16.7 Å². The Morgan fingerprint density at radius 1 is 0.312 bits per heavy atom. The molecule has 6 nitrogen and oxygen atoms in total. The van der Waals surface area contributed by atoms with Gasteiger partial charge in [0.1, 0.15) is 17.2 Å². The van der Waals surface area contributed by atoms with Crippen molar-refractivity contribution in [3.05, 3.63) is 86.5 Å². The van der Waals surface area contributed by atoms with Crippen LogP contribution in [-0.4, -0.2) is 69.3 Å². The van der Waals surface area contributed by atoms with E-state index in [1.807, 2.05) is 0 Å². The molecule has 0 saturated heterocycles. The van der Waals surface area contributed by atoms with Gasteiger partial charge in [-0.15, -0.1) is 0 Å². The van der Waals surface area contributed by atoms with Gasteiger partial charge >= 0.3 is 0 Å². The first-order chi connectivity index (χ1) is 28.5. The Morgan fingerprint density at radius 3 is 0.609 bits per heavy atom. The second-order valence-electron chi connectivity index (χ2n) is 24.0. The number of phenolic OH excluding ortho intramolecular Hbond substituents is 3. The maximum Gasteiger partial charge on any atom is 0.123 e. The average molecular weight is 1010 g/mol. The van der Waals surface area contributed by atoms with E-state index in [0.29, 0.717) is 17.2 Å². The summed E-state index contributed by atoms with van der Waals surface area (Å²) in [6.45, 7) is 61.0. The SMILES string of the molecule is CCN(CC)Cc1cc(C(C)(C)C)cc(C(C)(C)C)c1O.CCN(CC)Cc1cc(C(C)(C)C)cc(C(C)(C)C)c1O.CCN(CC)Cc1cc(C(C)(C)C)cc(C(C)(C)C)c1O.[La]. The molecule has 7 heteroatoms. The van der Waals surface area contributed by atoms with Gasteiger partial charge in [-0.2, -0.15) is 0 Å². The van der Waals surface area contributed by atoms with E-state index in [4.69, 9.17) is 0 Å². The Hall–Kier alpha value is -1.87. The molecule has 0 heterocycles. The molecule has 3 rings (SSSR count). The third-order valence-electron chi connectivity index (χ3n) is 12.5. The van der Waals surface area contributed by atoms with Crippen LogP contribution in [0.3, 0.4) is 0 Å². The molecular weight excluding hydrogens is 914 g/mol. The summed E-state index contributed by atoms with van der Waals surface area (Å²) in [7, 11) is 0. The number of aromatic hydroxyl groups is 3. The van der Waals surface area contributed by atoms with E-state index in [9.17, 15) is 15.3 Å². The summed E-state index contributed by atoms with van der Waals surface area (Å²) >= 11 is 0. The number of nitrogens with zero attached hydrogens (tertiary/aromatic N) is 3. The minimum Gasteiger partial charge on any atom is -0.507 e. The Balaban J connectivity index is 0.000000923. The van der Waals surface area contributed by atoms with Crippen LogP contribution < -0.4 is 0 Å². The van der Waals surface area contributed by atoms with Gasteiger partial charge in [-0.3, -0.25) is 14.7 Å². The van der Waals surface area contributed by atoms with E-state index < -0.39 is 0 Å². The van der Waals surface area contributed by atoms with E-state index >= 15 is 0 Å². The van der Waals surface area contributed by atoms with Crippen LogP contribution in [0.4, 0.5) is 0 Å². The third-order valence-corrected chi connectivity index (χ3v) is 12.5. The van der Waals surface area contributed by atoms with Crippen molar-refractivity contribution in [3.63, 3.8) is 0 Å². The van der Waals surface area contributed by atoms with Gasteiger partial charge in [0.15, 0.2) is 0 Å². The van der Waals surface area contributed by atoms with E-state index in [-0.39, 0.29) is 68.1 Å². The van der Waals surface area contributed by atoms with Crippen molar-refractivity contribution < 1.29 is 50.9 Å². The Kier molecular flexibility index (Phi) is 24.2.